The van der Waals surface area contributed by atoms with Gasteiger partial charge in [-0.05, 0) is 36.9 Å². The van der Waals surface area contributed by atoms with Crippen molar-refractivity contribution in [1.82, 2.24) is 10.0 Å². The average molecular weight is 298 g/mol. The molecule has 2 N–H and O–H groups in total. The zero-order valence-electron chi connectivity index (χ0n) is 10.9. The monoisotopic (exact) mass is 298 g/mol. The van der Waals surface area contributed by atoms with Gasteiger partial charge in [0.05, 0.1) is 6.54 Å². The van der Waals surface area contributed by atoms with Crippen molar-refractivity contribution in [2.45, 2.75) is 18.2 Å². The van der Waals surface area contributed by atoms with Gasteiger partial charge in [-0.3, -0.25) is 0 Å². The fraction of sp³-hybridized carbons (Fsp3) is 0.231. The zero-order valence-corrected chi connectivity index (χ0v) is 11.7. The van der Waals surface area contributed by atoms with Crippen LogP contribution in [0.3, 0.4) is 0 Å². The van der Waals surface area contributed by atoms with Crippen molar-refractivity contribution in [2.24, 2.45) is 0 Å². The molecule has 0 saturated heterocycles. The summed E-state index contributed by atoms with van der Waals surface area (Å²) in [5.74, 6) is 0.208. The van der Waals surface area contributed by atoms with Crippen LogP contribution in [0.15, 0.2) is 45.9 Å². The second-order valence-electron chi connectivity index (χ2n) is 4.16. The standard InChI is InChI=1S/C13H15FN2O3S/c1-15-20(17,18)13-6-5-12(19-13)9-16-8-10-3-2-4-11(14)7-10/h2-7,15-16H,8-9H2,1H3. The number of hydrogen-bond donors (Lipinski definition) is 2. The first-order valence-corrected chi connectivity index (χ1v) is 7.47. The lowest BCUT2D eigenvalue weighted by molar-refractivity contribution is 0.400. The molecule has 1 heterocycles. The molecule has 7 heteroatoms. The Balaban J connectivity index is 1.92. The Morgan fingerprint density at radius 2 is 2.00 bits per heavy atom. The van der Waals surface area contributed by atoms with Crippen LogP contribution in [-0.2, 0) is 23.1 Å². The maximum Gasteiger partial charge on any atom is 0.273 e. The van der Waals surface area contributed by atoms with Crippen molar-refractivity contribution >= 4 is 10.0 Å². The largest absolute Gasteiger partial charge is 0.447 e. The highest BCUT2D eigenvalue weighted by atomic mass is 32.2. The summed E-state index contributed by atoms with van der Waals surface area (Å²) in [5, 5.41) is 2.93. The molecule has 2 rings (SSSR count). The predicted molar refractivity (Wildman–Crippen MR) is 71.9 cm³/mol. The summed E-state index contributed by atoms with van der Waals surface area (Å²) in [6, 6.07) is 9.23. The number of halogens is 1. The molecule has 0 aliphatic rings. The third-order valence-electron chi connectivity index (χ3n) is 2.69. The minimum Gasteiger partial charge on any atom is -0.447 e. The molecule has 0 aliphatic heterocycles. The van der Waals surface area contributed by atoms with Gasteiger partial charge < -0.3 is 9.73 Å². The van der Waals surface area contributed by atoms with Gasteiger partial charge in [0.2, 0.25) is 5.09 Å². The van der Waals surface area contributed by atoms with Crippen molar-refractivity contribution in [3.63, 3.8) is 0 Å². The van der Waals surface area contributed by atoms with Gasteiger partial charge in [0, 0.05) is 6.54 Å². The Labute approximate surface area is 116 Å². The number of furan rings is 1. The molecule has 108 valence electrons. The highest BCUT2D eigenvalue weighted by Crippen LogP contribution is 2.13. The Hall–Kier alpha value is -1.70. The fourth-order valence-corrected chi connectivity index (χ4v) is 2.34. The molecule has 0 bridgehead atoms. The van der Waals surface area contributed by atoms with Gasteiger partial charge in [-0.2, -0.15) is 0 Å². The van der Waals surface area contributed by atoms with E-state index >= 15 is 0 Å². The van der Waals surface area contributed by atoms with Crippen LogP contribution in [0, 0.1) is 5.82 Å². The first-order valence-electron chi connectivity index (χ1n) is 5.99. The Kier molecular flexibility index (Phi) is 4.53. The van der Waals surface area contributed by atoms with E-state index in [1.54, 1.807) is 18.2 Å². The van der Waals surface area contributed by atoms with Gasteiger partial charge in [-0.15, -0.1) is 0 Å². The molecule has 0 aliphatic carbocycles. The van der Waals surface area contributed by atoms with Crippen molar-refractivity contribution in [2.75, 3.05) is 7.05 Å². The quantitative estimate of drug-likeness (QED) is 0.850. The van der Waals surface area contributed by atoms with Crippen LogP contribution < -0.4 is 10.0 Å². The minimum atomic E-state index is -3.55. The summed E-state index contributed by atoms with van der Waals surface area (Å²) in [7, 11) is -2.24. The molecular formula is C13H15FN2O3S. The van der Waals surface area contributed by atoms with Crippen LogP contribution in [-0.4, -0.2) is 15.5 Å². The first-order chi connectivity index (χ1) is 9.51. The van der Waals surface area contributed by atoms with Crippen molar-refractivity contribution < 1.29 is 17.2 Å². The van der Waals surface area contributed by atoms with Gasteiger partial charge in [-0.25, -0.2) is 17.5 Å². The number of hydrogen-bond acceptors (Lipinski definition) is 4. The van der Waals surface area contributed by atoms with Crippen molar-refractivity contribution in [3.05, 3.63) is 53.5 Å². The maximum absolute atomic E-state index is 13.0. The third kappa shape index (κ3) is 3.66. The molecular weight excluding hydrogens is 283 g/mol. The van der Waals surface area contributed by atoms with Gasteiger partial charge in [0.15, 0.2) is 0 Å². The molecule has 0 atom stereocenters. The minimum absolute atomic E-state index is 0.123. The second kappa shape index (κ2) is 6.17. The van der Waals surface area contributed by atoms with E-state index < -0.39 is 10.0 Å². The maximum atomic E-state index is 13.0. The first kappa shape index (κ1) is 14.7. The average Bonchev–Trinajstić information content (AvgIpc) is 2.88. The topological polar surface area (TPSA) is 71.3 Å². The summed E-state index contributed by atoms with van der Waals surface area (Å²) in [6.45, 7) is 0.822. The third-order valence-corrected chi connectivity index (χ3v) is 3.97. The van der Waals surface area contributed by atoms with E-state index in [0.717, 1.165) is 5.56 Å². The molecule has 0 saturated carbocycles. The summed E-state index contributed by atoms with van der Waals surface area (Å²) < 4.78 is 43.3. The smallest absolute Gasteiger partial charge is 0.273 e. The highest BCUT2D eigenvalue weighted by Gasteiger charge is 2.15. The molecule has 20 heavy (non-hydrogen) atoms. The number of rotatable bonds is 6. The Morgan fingerprint density at radius 3 is 2.70 bits per heavy atom. The molecule has 1 aromatic carbocycles. The van der Waals surface area contributed by atoms with E-state index in [2.05, 4.69) is 10.0 Å². The van der Waals surface area contributed by atoms with Gasteiger partial charge >= 0.3 is 0 Å². The van der Waals surface area contributed by atoms with E-state index in [1.165, 1.54) is 25.2 Å². The molecule has 0 spiro atoms. The SMILES string of the molecule is CNS(=O)(=O)c1ccc(CNCc2cccc(F)c2)o1. The van der Waals surface area contributed by atoms with E-state index in [4.69, 9.17) is 4.42 Å². The van der Waals surface area contributed by atoms with Crippen LogP contribution in [0.25, 0.3) is 0 Å². The Morgan fingerprint density at radius 1 is 1.20 bits per heavy atom. The van der Waals surface area contributed by atoms with Crippen LogP contribution >= 0.6 is 0 Å². The Bertz CT molecular complexity index is 682. The number of nitrogens with one attached hydrogen (secondary N) is 2. The lowest BCUT2D eigenvalue weighted by Crippen LogP contribution is -2.17. The fourth-order valence-electron chi connectivity index (χ4n) is 1.68. The van der Waals surface area contributed by atoms with Gasteiger partial charge in [0.1, 0.15) is 11.6 Å². The number of sulfonamides is 1. The van der Waals surface area contributed by atoms with Crippen molar-refractivity contribution in [3.8, 4) is 0 Å². The zero-order chi connectivity index (χ0) is 14.6. The molecule has 0 radical (unpaired) electrons. The molecule has 1 aromatic heterocycles. The molecule has 0 amide bonds. The van der Waals surface area contributed by atoms with Gasteiger partial charge in [0.25, 0.3) is 10.0 Å². The number of benzene rings is 1. The molecule has 5 nitrogen and oxygen atoms in total. The van der Waals surface area contributed by atoms with Crippen molar-refractivity contribution in [1.29, 1.82) is 0 Å². The van der Waals surface area contributed by atoms with Crippen LogP contribution in [0.2, 0.25) is 0 Å². The highest BCUT2D eigenvalue weighted by molar-refractivity contribution is 7.89. The van der Waals surface area contributed by atoms with E-state index in [0.29, 0.717) is 18.8 Å². The van der Waals surface area contributed by atoms with Crippen LogP contribution in [0.1, 0.15) is 11.3 Å². The predicted octanol–water partition coefficient (Wildman–Crippen LogP) is 1.62. The molecule has 2 aromatic rings. The van der Waals surface area contributed by atoms with E-state index in [1.807, 2.05) is 0 Å². The normalized spacial score (nSPS) is 11.7. The summed E-state index contributed by atoms with van der Waals surface area (Å²) >= 11 is 0. The molecule has 0 unspecified atom stereocenters. The van der Waals surface area contributed by atoms with Crippen LogP contribution in [0.5, 0.6) is 0 Å². The summed E-state index contributed by atoms with van der Waals surface area (Å²) in [4.78, 5) is 0. The summed E-state index contributed by atoms with van der Waals surface area (Å²) in [6.07, 6.45) is 0. The lowest BCUT2D eigenvalue weighted by Gasteiger charge is -2.03. The second-order valence-corrected chi connectivity index (χ2v) is 5.98. The molecule has 0 fully saturated rings. The van der Waals surface area contributed by atoms with E-state index in [9.17, 15) is 12.8 Å². The summed E-state index contributed by atoms with van der Waals surface area (Å²) in [5.41, 5.74) is 0.805. The van der Waals surface area contributed by atoms with Gasteiger partial charge in [-0.1, -0.05) is 12.1 Å². The lowest BCUT2D eigenvalue weighted by atomic mass is 10.2. The van der Waals surface area contributed by atoms with E-state index in [-0.39, 0.29) is 10.9 Å². The van der Waals surface area contributed by atoms with Crippen LogP contribution in [0.4, 0.5) is 4.39 Å².